The van der Waals surface area contributed by atoms with Crippen LogP contribution in [0.25, 0.3) is 0 Å². The van der Waals surface area contributed by atoms with E-state index in [1.165, 1.54) is 44.2 Å². The van der Waals surface area contributed by atoms with Gasteiger partial charge in [0.1, 0.15) is 11.5 Å². The Labute approximate surface area is 237 Å². The predicted molar refractivity (Wildman–Crippen MR) is 139 cm³/mol. The summed E-state index contributed by atoms with van der Waals surface area (Å²) in [4.78, 5) is 65.9. The molecule has 2 aliphatic rings. The number of carbonyl (C=O) groups is 5. The van der Waals surface area contributed by atoms with Gasteiger partial charge in [-0.3, -0.25) is 19.2 Å². The summed E-state index contributed by atoms with van der Waals surface area (Å²) in [5.41, 5.74) is 1.43. The Bertz CT molecular complexity index is 1530. The lowest BCUT2D eigenvalue weighted by molar-refractivity contribution is -0.172. The van der Waals surface area contributed by atoms with Gasteiger partial charge in [0.2, 0.25) is 0 Å². The van der Waals surface area contributed by atoms with Gasteiger partial charge in [-0.05, 0) is 23.8 Å². The smallest absolute Gasteiger partial charge is 0.364 e. The third-order valence-electron chi connectivity index (χ3n) is 6.15. The van der Waals surface area contributed by atoms with E-state index in [9.17, 15) is 24.0 Å². The van der Waals surface area contributed by atoms with E-state index in [0.29, 0.717) is 21.8 Å². The first-order chi connectivity index (χ1) is 19.0. The molecule has 40 heavy (non-hydrogen) atoms. The molecule has 2 aliphatic heterocycles. The molecule has 1 fully saturated rings. The van der Waals surface area contributed by atoms with Gasteiger partial charge in [0, 0.05) is 55.9 Å². The number of hydrogen-bond acceptors (Lipinski definition) is 9. The Morgan fingerprint density at radius 2 is 1.30 bits per heavy atom. The van der Waals surface area contributed by atoms with Gasteiger partial charge in [0.05, 0.1) is 15.6 Å². The van der Waals surface area contributed by atoms with Crippen molar-refractivity contribution in [2.45, 2.75) is 32.6 Å². The molecule has 0 atom stereocenters. The summed E-state index contributed by atoms with van der Waals surface area (Å²) in [5.74, 6) is -3.55. The van der Waals surface area contributed by atoms with Crippen LogP contribution in [0.1, 0.15) is 59.7 Å². The third kappa shape index (κ3) is 5.11. The maximum atomic E-state index is 13.3. The summed E-state index contributed by atoms with van der Waals surface area (Å²) >= 11 is 12.9. The zero-order valence-electron chi connectivity index (χ0n) is 21.0. The van der Waals surface area contributed by atoms with Gasteiger partial charge in [-0.2, -0.15) is 0 Å². The summed E-state index contributed by atoms with van der Waals surface area (Å²) in [6, 6.07) is 12.4. The molecule has 5 rings (SSSR count). The van der Waals surface area contributed by atoms with E-state index in [2.05, 4.69) is 0 Å². The molecule has 0 saturated carbocycles. The molecule has 2 heterocycles. The first kappa shape index (κ1) is 27.2. The van der Waals surface area contributed by atoms with Crippen molar-refractivity contribution in [3.8, 4) is 23.0 Å². The Kier molecular flexibility index (Phi) is 7.22. The Morgan fingerprint density at radius 3 is 1.80 bits per heavy atom. The van der Waals surface area contributed by atoms with Crippen LogP contribution >= 0.6 is 23.2 Å². The lowest BCUT2D eigenvalue weighted by Gasteiger charge is -2.31. The highest BCUT2D eigenvalue weighted by molar-refractivity contribution is 6.32. The van der Waals surface area contributed by atoms with E-state index in [-0.39, 0.29) is 51.4 Å². The fourth-order valence-electron chi connectivity index (χ4n) is 4.54. The molecule has 10 nitrogen and oxygen atoms in total. The molecule has 3 aromatic carbocycles. The highest BCUT2D eigenvalue weighted by atomic mass is 35.5. The molecular weight excluding hydrogens is 565 g/mol. The Morgan fingerprint density at radius 1 is 0.800 bits per heavy atom. The number of hydroxylamine groups is 2. The first-order valence-electron chi connectivity index (χ1n) is 11.9. The van der Waals surface area contributed by atoms with Crippen molar-refractivity contribution in [2.24, 2.45) is 0 Å². The van der Waals surface area contributed by atoms with E-state index in [1.807, 2.05) is 0 Å². The lowest BCUT2D eigenvalue weighted by atomic mass is 9.80. The van der Waals surface area contributed by atoms with E-state index in [1.54, 1.807) is 18.2 Å². The SMILES string of the molecule is CC(=O)Oc1cc2c(cc1Cl)C(c1ccccc1C(=O)ON1C(=O)CCC1=O)c1cc(Cl)c(OC(C)=O)cc1O2. The lowest BCUT2D eigenvalue weighted by Crippen LogP contribution is -2.32. The Balaban J connectivity index is 1.67. The van der Waals surface area contributed by atoms with Crippen molar-refractivity contribution in [3.63, 3.8) is 0 Å². The van der Waals surface area contributed by atoms with E-state index in [4.69, 9.17) is 42.3 Å². The van der Waals surface area contributed by atoms with Gasteiger partial charge >= 0.3 is 17.9 Å². The molecule has 1 saturated heterocycles. The largest absolute Gasteiger partial charge is 0.456 e. The predicted octanol–water partition coefficient (Wildman–Crippen LogP) is 5.35. The second-order valence-corrected chi connectivity index (χ2v) is 9.73. The molecule has 12 heteroatoms. The molecule has 0 N–H and O–H groups in total. The topological polar surface area (TPSA) is 126 Å². The summed E-state index contributed by atoms with van der Waals surface area (Å²) in [7, 11) is 0. The molecule has 2 amide bonds. The van der Waals surface area contributed by atoms with Crippen molar-refractivity contribution in [1.82, 2.24) is 5.06 Å². The molecule has 0 unspecified atom stereocenters. The van der Waals surface area contributed by atoms with Crippen LogP contribution in [0.4, 0.5) is 0 Å². The molecule has 0 spiro atoms. The van der Waals surface area contributed by atoms with Gasteiger partial charge in [0.25, 0.3) is 11.8 Å². The molecule has 3 aromatic rings. The number of esters is 2. The number of nitrogens with zero attached hydrogens (tertiary/aromatic N) is 1. The van der Waals surface area contributed by atoms with Crippen LogP contribution in [0, 0.1) is 0 Å². The van der Waals surface area contributed by atoms with Crippen molar-refractivity contribution < 1.29 is 43.0 Å². The van der Waals surface area contributed by atoms with Crippen molar-refractivity contribution in [3.05, 3.63) is 80.8 Å². The van der Waals surface area contributed by atoms with Gasteiger partial charge in [0.15, 0.2) is 11.5 Å². The molecule has 204 valence electrons. The molecule has 0 aliphatic carbocycles. The van der Waals surface area contributed by atoms with E-state index in [0.717, 1.165) is 0 Å². The number of halogens is 2. The number of ether oxygens (including phenoxy) is 3. The minimum absolute atomic E-state index is 0.0445. The molecule has 0 aromatic heterocycles. The van der Waals surface area contributed by atoms with Crippen LogP contribution in [0.2, 0.25) is 10.0 Å². The van der Waals surface area contributed by atoms with Crippen molar-refractivity contribution >= 4 is 52.9 Å². The van der Waals surface area contributed by atoms with Crippen LogP contribution < -0.4 is 14.2 Å². The zero-order chi connectivity index (χ0) is 28.7. The van der Waals surface area contributed by atoms with Crippen LogP contribution in [0.5, 0.6) is 23.0 Å². The van der Waals surface area contributed by atoms with E-state index >= 15 is 0 Å². The minimum atomic E-state index is -0.931. The van der Waals surface area contributed by atoms with Gasteiger partial charge in [-0.15, -0.1) is 5.06 Å². The highest BCUT2D eigenvalue weighted by Crippen LogP contribution is 2.52. The average Bonchev–Trinajstić information content (AvgIpc) is 3.20. The van der Waals surface area contributed by atoms with Crippen LogP contribution in [-0.2, 0) is 24.0 Å². The van der Waals surface area contributed by atoms with Crippen LogP contribution in [0.15, 0.2) is 48.5 Å². The summed E-state index contributed by atoms with van der Waals surface area (Å²) < 4.78 is 16.5. The molecular formula is C28H19Cl2NO9. The number of carbonyl (C=O) groups excluding carboxylic acids is 5. The number of imide groups is 1. The second-order valence-electron chi connectivity index (χ2n) is 8.91. The second kappa shape index (κ2) is 10.6. The van der Waals surface area contributed by atoms with Crippen LogP contribution in [0.3, 0.4) is 0 Å². The molecule has 0 bridgehead atoms. The number of amides is 2. The minimum Gasteiger partial charge on any atom is -0.456 e. The number of rotatable bonds is 5. The maximum absolute atomic E-state index is 13.3. The first-order valence-corrected chi connectivity index (χ1v) is 12.7. The fourth-order valence-corrected chi connectivity index (χ4v) is 4.96. The Hall–Kier alpha value is -4.41. The number of fused-ring (bicyclic) bond motifs is 2. The standard InChI is InChI=1S/C28H19Cl2NO9/c1-13(32)37-23-11-21-17(9-19(23)29)27(18-10-20(30)24(38-14(2)33)12-22(18)39-21)15-5-3-4-6-16(15)28(36)40-31-25(34)7-8-26(31)35/h3-6,9-12,27H,7-8H2,1-2H3. The van der Waals surface area contributed by atoms with Crippen molar-refractivity contribution in [1.29, 1.82) is 0 Å². The summed E-state index contributed by atoms with van der Waals surface area (Å²) in [6.07, 6.45) is -0.110. The third-order valence-corrected chi connectivity index (χ3v) is 6.74. The van der Waals surface area contributed by atoms with Gasteiger partial charge in [-0.1, -0.05) is 41.4 Å². The monoisotopic (exact) mass is 583 g/mol. The fraction of sp³-hybridized carbons (Fsp3) is 0.179. The summed E-state index contributed by atoms with van der Waals surface area (Å²) in [6.45, 7) is 2.44. The van der Waals surface area contributed by atoms with Crippen LogP contribution in [-0.4, -0.2) is 34.8 Å². The van der Waals surface area contributed by atoms with Gasteiger partial charge < -0.3 is 19.0 Å². The quantitative estimate of drug-likeness (QED) is 0.173. The normalized spacial score (nSPS) is 14.2. The number of benzene rings is 3. The average molecular weight is 584 g/mol. The van der Waals surface area contributed by atoms with E-state index < -0.39 is 35.6 Å². The molecule has 0 radical (unpaired) electrons. The van der Waals surface area contributed by atoms with Crippen molar-refractivity contribution in [2.75, 3.05) is 0 Å². The number of hydrogen-bond donors (Lipinski definition) is 0. The zero-order valence-corrected chi connectivity index (χ0v) is 22.5. The van der Waals surface area contributed by atoms with Gasteiger partial charge in [-0.25, -0.2) is 4.79 Å². The maximum Gasteiger partial charge on any atom is 0.364 e. The summed E-state index contributed by atoms with van der Waals surface area (Å²) in [5, 5.41) is 0.666. The highest BCUT2D eigenvalue weighted by Gasteiger charge is 2.37.